The van der Waals surface area contributed by atoms with Gasteiger partial charge in [0.25, 0.3) is 10.0 Å². The first-order chi connectivity index (χ1) is 15.4. The van der Waals surface area contributed by atoms with Crippen molar-refractivity contribution in [2.75, 3.05) is 10.0 Å². The summed E-state index contributed by atoms with van der Waals surface area (Å²) in [6.07, 6.45) is 2.30. The van der Waals surface area contributed by atoms with Gasteiger partial charge in [-0.05, 0) is 65.4 Å². The SMILES string of the molecule is Cc1cccc2ccc(NC(=O)[C@@H]3C[C@H]3c3ccc(S(=O)(=O)Nc4nccs4)cc3)cc12. The molecule has 8 heteroatoms. The summed E-state index contributed by atoms with van der Waals surface area (Å²) in [6, 6.07) is 18.8. The van der Waals surface area contributed by atoms with Crippen LogP contribution < -0.4 is 10.0 Å². The van der Waals surface area contributed by atoms with Gasteiger partial charge in [0.05, 0.1) is 4.90 Å². The van der Waals surface area contributed by atoms with Gasteiger partial charge in [0.2, 0.25) is 5.91 Å². The second kappa shape index (κ2) is 8.03. The highest BCUT2D eigenvalue weighted by Gasteiger charge is 2.44. The Labute approximate surface area is 190 Å². The molecule has 1 amide bonds. The molecule has 4 aromatic rings. The van der Waals surface area contributed by atoms with Crippen molar-refractivity contribution in [2.45, 2.75) is 24.2 Å². The summed E-state index contributed by atoms with van der Waals surface area (Å²) < 4.78 is 27.4. The van der Waals surface area contributed by atoms with Crippen molar-refractivity contribution in [1.29, 1.82) is 0 Å². The van der Waals surface area contributed by atoms with Crippen LogP contribution in [0, 0.1) is 12.8 Å². The van der Waals surface area contributed by atoms with Crippen LogP contribution in [-0.2, 0) is 14.8 Å². The first-order valence-corrected chi connectivity index (χ1v) is 12.6. The molecule has 6 nitrogen and oxygen atoms in total. The number of anilines is 2. The molecule has 1 heterocycles. The summed E-state index contributed by atoms with van der Waals surface area (Å²) in [4.78, 5) is 16.9. The molecule has 0 bridgehead atoms. The largest absolute Gasteiger partial charge is 0.326 e. The zero-order valence-corrected chi connectivity index (χ0v) is 18.9. The van der Waals surface area contributed by atoms with Crippen molar-refractivity contribution < 1.29 is 13.2 Å². The van der Waals surface area contributed by atoms with Crippen LogP contribution in [0.3, 0.4) is 0 Å². The van der Waals surface area contributed by atoms with Crippen LogP contribution in [0.4, 0.5) is 10.8 Å². The molecule has 5 rings (SSSR count). The van der Waals surface area contributed by atoms with Crippen molar-refractivity contribution in [2.24, 2.45) is 5.92 Å². The zero-order valence-electron chi connectivity index (χ0n) is 17.3. The molecule has 1 aromatic heterocycles. The lowest BCUT2D eigenvalue weighted by Crippen LogP contribution is -2.14. The number of aromatic nitrogens is 1. The third kappa shape index (κ3) is 4.11. The Morgan fingerprint density at radius 2 is 1.91 bits per heavy atom. The number of fused-ring (bicyclic) bond motifs is 1. The summed E-state index contributed by atoms with van der Waals surface area (Å²) in [6.45, 7) is 2.06. The number of benzene rings is 3. The van der Waals surface area contributed by atoms with Gasteiger partial charge in [0.15, 0.2) is 5.13 Å². The van der Waals surface area contributed by atoms with Gasteiger partial charge < -0.3 is 5.32 Å². The van der Waals surface area contributed by atoms with Crippen LogP contribution in [0.2, 0.25) is 0 Å². The van der Waals surface area contributed by atoms with Gasteiger partial charge >= 0.3 is 0 Å². The maximum Gasteiger partial charge on any atom is 0.263 e. The lowest BCUT2D eigenvalue weighted by Gasteiger charge is -2.09. The van der Waals surface area contributed by atoms with Crippen LogP contribution in [0.1, 0.15) is 23.5 Å². The molecule has 1 aliphatic rings. The topological polar surface area (TPSA) is 88.2 Å². The Kier molecular flexibility index (Phi) is 5.19. The van der Waals surface area contributed by atoms with Crippen LogP contribution >= 0.6 is 11.3 Å². The molecule has 1 aliphatic carbocycles. The second-order valence-corrected chi connectivity index (χ2v) is 10.5. The van der Waals surface area contributed by atoms with Crippen LogP contribution in [-0.4, -0.2) is 19.3 Å². The average molecular weight is 464 g/mol. The van der Waals surface area contributed by atoms with Gasteiger partial charge in [-0.15, -0.1) is 11.3 Å². The standard InChI is InChI=1S/C24H21N3O3S2/c1-15-3-2-4-16-5-8-18(13-20(15)16)26-23(28)22-14-21(22)17-6-9-19(10-7-17)32(29,30)27-24-25-11-12-31-24/h2-13,21-22H,14H2,1H3,(H,25,27)(H,26,28)/t21-,22+/m0/s1. The molecule has 1 saturated carbocycles. The normalized spacial score (nSPS) is 17.8. The fourth-order valence-electron chi connectivity index (χ4n) is 3.94. The van der Waals surface area contributed by atoms with E-state index in [9.17, 15) is 13.2 Å². The van der Waals surface area contributed by atoms with Gasteiger partial charge in [-0.25, -0.2) is 13.4 Å². The molecule has 3 aromatic carbocycles. The molecule has 162 valence electrons. The van der Waals surface area contributed by atoms with E-state index in [0.717, 1.165) is 28.4 Å². The number of thiazole rings is 1. The number of hydrogen-bond acceptors (Lipinski definition) is 5. The summed E-state index contributed by atoms with van der Waals surface area (Å²) >= 11 is 1.22. The van der Waals surface area contributed by atoms with Crippen molar-refractivity contribution in [1.82, 2.24) is 4.98 Å². The van der Waals surface area contributed by atoms with E-state index in [1.54, 1.807) is 35.8 Å². The summed E-state index contributed by atoms with van der Waals surface area (Å²) in [7, 11) is -3.68. The zero-order chi connectivity index (χ0) is 22.3. The monoisotopic (exact) mass is 463 g/mol. The van der Waals surface area contributed by atoms with E-state index in [2.05, 4.69) is 34.1 Å². The van der Waals surface area contributed by atoms with Crippen molar-refractivity contribution in [3.05, 3.63) is 83.4 Å². The molecule has 32 heavy (non-hydrogen) atoms. The Bertz CT molecular complexity index is 1400. The Hall–Kier alpha value is -3.23. The minimum absolute atomic E-state index is 0.00920. The molecule has 0 aliphatic heterocycles. The molecular formula is C24H21N3O3S2. The summed E-state index contributed by atoms with van der Waals surface area (Å²) in [5, 5.41) is 7.34. The van der Waals surface area contributed by atoms with Crippen molar-refractivity contribution in [3.63, 3.8) is 0 Å². The number of sulfonamides is 1. The van der Waals surface area contributed by atoms with Gasteiger partial charge in [0.1, 0.15) is 0 Å². The number of hydrogen-bond donors (Lipinski definition) is 2. The third-order valence-electron chi connectivity index (χ3n) is 5.77. The molecule has 1 fully saturated rings. The van der Waals surface area contributed by atoms with Crippen LogP contribution in [0.25, 0.3) is 10.8 Å². The lowest BCUT2D eigenvalue weighted by molar-refractivity contribution is -0.117. The van der Waals surface area contributed by atoms with Crippen molar-refractivity contribution >= 4 is 48.9 Å². The predicted molar refractivity (Wildman–Crippen MR) is 128 cm³/mol. The quantitative estimate of drug-likeness (QED) is 0.414. The Morgan fingerprint density at radius 3 is 2.66 bits per heavy atom. The second-order valence-electron chi connectivity index (χ2n) is 7.96. The minimum Gasteiger partial charge on any atom is -0.326 e. The number of aryl methyl sites for hydroxylation is 1. The fraction of sp³-hybridized carbons (Fsp3) is 0.167. The molecule has 0 unspecified atom stereocenters. The van der Waals surface area contributed by atoms with Crippen molar-refractivity contribution in [3.8, 4) is 0 Å². The maximum atomic E-state index is 12.8. The molecule has 2 N–H and O–H groups in total. The highest BCUT2D eigenvalue weighted by molar-refractivity contribution is 7.93. The molecule has 2 atom stereocenters. The van der Waals surface area contributed by atoms with Gasteiger partial charge in [0, 0.05) is 23.2 Å². The van der Waals surface area contributed by atoms with E-state index >= 15 is 0 Å². The average Bonchev–Trinajstić information content (AvgIpc) is 3.44. The molecule has 0 spiro atoms. The summed E-state index contributed by atoms with van der Waals surface area (Å²) in [5.41, 5.74) is 2.92. The predicted octanol–water partition coefficient (Wildman–Crippen LogP) is 5.15. The maximum absolute atomic E-state index is 12.8. The third-order valence-corrected chi connectivity index (χ3v) is 7.94. The molecule has 0 radical (unpaired) electrons. The van der Waals surface area contributed by atoms with E-state index in [1.165, 1.54) is 16.9 Å². The van der Waals surface area contributed by atoms with E-state index in [4.69, 9.17) is 0 Å². The highest BCUT2D eigenvalue weighted by Crippen LogP contribution is 2.48. The minimum atomic E-state index is -3.68. The van der Waals surface area contributed by atoms with E-state index in [0.29, 0.717) is 5.13 Å². The van der Waals surface area contributed by atoms with E-state index < -0.39 is 10.0 Å². The Morgan fingerprint density at radius 1 is 1.09 bits per heavy atom. The van der Waals surface area contributed by atoms with Gasteiger partial charge in [-0.3, -0.25) is 9.52 Å². The van der Waals surface area contributed by atoms with E-state index in [-0.39, 0.29) is 22.6 Å². The lowest BCUT2D eigenvalue weighted by atomic mass is 10.0. The number of carbonyl (C=O) groups is 1. The Balaban J connectivity index is 1.25. The molecule has 0 saturated heterocycles. The fourth-order valence-corrected chi connectivity index (χ4v) is 5.73. The van der Waals surface area contributed by atoms with Crippen LogP contribution in [0.15, 0.2) is 77.1 Å². The number of carbonyl (C=O) groups excluding carboxylic acids is 1. The number of nitrogens with one attached hydrogen (secondary N) is 2. The number of nitrogens with zero attached hydrogens (tertiary/aromatic N) is 1. The number of rotatable bonds is 6. The summed E-state index contributed by atoms with van der Waals surface area (Å²) in [5.74, 6) is -0.0237. The van der Waals surface area contributed by atoms with Gasteiger partial charge in [-0.1, -0.05) is 36.4 Å². The highest BCUT2D eigenvalue weighted by atomic mass is 32.2. The first-order valence-electron chi connectivity index (χ1n) is 10.2. The molecular weight excluding hydrogens is 442 g/mol. The first kappa shape index (κ1) is 20.7. The number of amides is 1. The smallest absolute Gasteiger partial charge is 0.263 e. The van der Waals surface area contributed by atoms with Crippen LogP contribution in [0.5, 0.6) is 0 Å². The van der Waals surface area contributed by atoms with Gasteiger partial charge in [-0.2, -0.15) is 0 Å². The van der Waals surface area contributed by atoms with E-state index in [1.807, 2.05) is 24.3 Å².